The third-order valence-electron chi connectivity index (χ3n) is 4.67. The number of nitriles is 1. The molecule has 0 saturated carbocycles. The zero-order valence-corrected chi connectivity index (χ0v) is 16.6. The summed E-state index contributed by atoms with van der Waals surface area (Å²) in [7, 11) is 1.25. The van der Waals surface area contributed by atoms with E-state index in [2.05, 4.69) is 16.0 Å². The molecule has 0 aliphatic carbocycles. The van der Waals surface area contributed by atoms with Crippen molar-refractivity contribution in [3.63, 3.8) is 0 Å². The van der Waals surface area contributed by atoms with Crippen LogP contribution < -0.4 is 20.5 Å². The van der Waals surface area contributed by atoms with Crippen molar-refractivity contribution in [2.75, 3.05) is 7.11 Å². The van der Waals surface area contributed by atoms with Crippen LogP contribution in [0.5, 0.6) is 0 Å². The third kappa shape index (κ3) is 3.09. The number of thiazole rings is 1. The molecule has 1 atom stereocenters. The first-order chi connectivity index (χ1) is 14.6. The van der Waals surface area contributed by atoms with Crippen molar-refractivity contribution in [2.45, 2.75) is 5.92 Å². The Balaban J connectivity index is 2.12. The standard InChI is InChI=1S/C21H15N5O3S/c1-29-21(28)17-16(13-5-3-7-25-11-13)14(9-22)18(23)26-19(27)15(30-20(17)26)8-12-4-2-6-24-10-12/h2-8,10-11,16H,23H2,1H3/b15-8+/t16-/m0/s1. The molecule has 0 fully saturated rings. The minimum absolute atomic E-state index is 0.0129. The van der Waals surface area contributed by atoms with E-state index in [4.69, 9.17) is 10.5 Å². The Bertz CT molecular complexity index is 1380. The van der Waals surface area contributed by atoms with E-state index in [-0.39, 0.29) is 17.0 Å². The van der Waals surface area contributed by atoms with E-state index in [1.54, 1.807) is 55.1 Å². The van der Waals surface area contributed by atoms with E-state index >= 15 is 0 Å². The van der Waals surface area contributed by atoms with Gasteiger partial charge < -0.3 is 10.5 Å². The maximum Gasteiger partial charge on any atom is 0.337 e. The number of hydrogen-bond donors (Lipinski definition) is 1. The monoisotopic (exact) mass is 417 g/mol. The molecule has 4 heterocycles. The topological polar surface area (TPSA) is 124 Å². The average Bonchev–Trinajstić information content (AvgIpc) is 3.10. The van der Waals surface area contributed by atoms with Crippen LogP contribution in [0, 0.1) is 11.3 Å². The molecule has 4 rings (SSSR count). The molecule has 0 saturated heterocycles. The van der Waals surface area contributed by atoms with Crippen molar-refractivity contribution in [1.29, 1.82) is 5.26 Å². The summed E-state index contributed by atoms with van der Waals surface area (Å²) in [6.45, 7) is 0. The summed E-state index contributed by atoms with van der Waals surface area (Å²) in [6, 6.07) is 9.07. The van der Waals surface area contributed by atoms with Gasteiger partial charge in [0, 0.05) is 24.8 Å². The lowest BCUT2D eigenvalue weighted by Gasteiger charge is -2.24. The van der Waals surface area contributed by atoms with E-state index in [9.17, 15) is 14.9 Å². The summed E-state index contributed by atoms with van der Waals surface area (Å²) >= 11 is 1.11. The number of methoxy groups -OCH3 is 1. The van der Waals surface area contributed by atoms with Crippen LogP contribution in [0.3, 0.4) is 0 Å². The quantitative estimate of drug-likeness (QED) is 0.608. The number of rotatable bonds is 3. The van der Waals surface area contributed by atoms with Gasteiger partial charge in [-0.2, -0.15) is 5.26 Å². The Hall–Kier alpha value is -4.03. The van der Waals surface area contributed by atoms with Crippen molar-refractivity contribution in [3.8, 4) is 6.07 Å². The number of allylic oxidation sites excluding steroid dienone is 1. The van der Waals surface area contributed by atoms with Crippen molar-refractivity contribution in [2.24, 2.45) is 5.73 Å². The highest BCUT2D eigenvalue weighted by Crippen LogP contribution is 2.35. The molecule has 1 aliphatic rings. The highest BCUT2D eigenvalue weighted by molar-refractivity contribution is 7.07. The van der Waals surface area contributed by atoms with E-state index in [0.717, 1.165) is 16.9 Å². The number of nitrogens with two attached hydrogens (primary N) is 1. The molecule has 3 aromatic heterocycles. The minimum Gasteiger partial charge on any atom is -0.466 e. The Labute approximate surface area is 174 Å². The van der Waals surface area contributed by atoms with Crippen molar-refractivity contribution in [1.82, 2.24) is 14.5 Å². The molecule has 0 amide bonds. The number of hydrogen-bond acceptors (Lipinski definition) is 8. The molecule has 2 N–H and O–H groups in total. The first kappa shape index (κ1) is 19.3. The van der Waals surface area contributed by atoms with Gasteiger partial charge in [-0.15, -0.1) is 11.3 Å². The Morgan fingerprint density at radius 2 is 2.03 bits per heavy atom. The molecule has 0 aromatic carbocycles. The summed E-state index contributed by atoms with van der Waals surface area (Å²) in [5.41, 5.74) is 7.41. The molecule has 0 spiro atoms. The van der Waals surface area contributed by atoms with Gasteiger partial charge in [0.25, 0.3) is 5.56 Å². The molecule has 0 unspecified atom stereocenters. The van der Waals surface area contributed by atoms with Crippen LogP contribution >= 0.6 is 11.3 Å². The predicted octanol–water partition coefficient (Wildman–Crippen LogP) is 0.301. The Morgan fingerprint density at radius 1 is 1.30 bits per heavy atom. The molecular weight excluding hydrogens is 402 g/mol. The van der Waals surface area contributed by atoms with Gasteiger partial charge in [-0.25, -0.2) is 4.79 Å². The summed E-state index contributed by atoms with van der Waals surface area (Å²) in [6.07, 6.45) is 8.06. The zero-order valence-electron chi connectivity index (χ0n) is 15.8. The molecule has 30 heavy (non-hydrogen) atoms. The first-order valence-corrected chi connectivity index (χ1v) is 9.64. The predicted molar refractivity (Wildman–Crippen MR) is 111 cm³/mol. The van der Waals surface area contributed by atoms with E-state index < -0.39 is 17.4 Å². The van der Waals surface area contributed by atoms with Gasteiger partial charge in [-0.3, -0.25) is 19.3 Å². The van der Waals surface area contributed by atoms with Gasteiger partial charge in [-0.05, 0) is 29.3 Å². The number of fused-ring (bicyclic) bond motifs is 1. The SMILES string of the molecule is COC(=O)C1=c2s/c(=C/c3cccnc3)c(=O)n2C(N)=C(C#N)[C@@H]1c1cccnc1. The number of aromatic nitrogens is 3. The molecule has 1 aliphatic heterocycles. The normalized spacial score (nSPS) is 16.2. The largest absolute Gasteiger partial charge is 0.466 e. The summed E-state index contributed by atoms with van der Waals surface area (Å²) in [4.78, 5) is 34.0. The summed E-state index contributed by atoms with van der Waals surface area (Å²) < 4.78 is 6.87. The van der Waals surface area contributed by atoms with E-state index in [1.165, 1.54) is 11.7 Å². The van der Waals surface area contributed by atoms with E-state index in [1.807, 2.05) is 0 Å². The molecule has 0 bridgehead atoms. The number of nitrogens with zero attached hydrogens (tertiary/aromatic N) is 4. The number of pyridine rings is 2. The molecule has 9 heteroatoms. The Kier molecular flexibility index (Phi) is 5.00. The van der Waals surface area contributed by atoms with Gasteiger partial charge in [0.05, 0.1) is 34.8 Å². The van der Waals surface area contributed by atoms with Crippen LogP contribution in [0.15, 0.2) is 59.4 Å². The highest BCUT2D eigenvalue weighted by atomic mass is 32.1. The van der Waals surface area contributed by atoms with Crippen molar-refractivity contribution in [3.05, 3.63) is 85.3 Å². The molecular formula is C21H15N5O3S. The smallest absolute Gasteiger partial charge is 0.337 e. The van der Waals surface area contributed by atoms with Crippen molar-refractivity contribution >= 4 is 34.8 Å². The molecule has 0 radical (unpaired) electrons. The number of esters is 1. The highest BCUT2D eigenvalue weighted by Gasteiger charge is 2.36. The number of carbonyl (C=O) groups excluding carboxylic acids is 1. The fourth-order valence-corrected chi connectivity index (χ4v) is 4.51. The average molecular weight is 417 g/mol. The van der Waals surface area contributed by atoms with Crippen LogP contribution in [-0.2, 0) is 9.53 Å². The van der Waals surface area contributed by atoms with Crippen molar-refractivity contribution < 1.29 is 9.53 Å². The van der Waals surface area contributed by atoms with Crippen LogP contribution in [0.4, 0.5) is 0 Å². The lowest BCUT2D eigenvalue weighted by Crippen LogP contribution is -2.40. The summed E-state index contributed by atoms with van der Waals surface area (Å²) in [5.74, 6) is -1.45. The van der Waals surface area contributed by atoms with Crippen LogP contribution in [0.25, 0.3) is 17.5 Å². The maximum atomic E-state index is 13.1. The maximum absolute atomic E-state index is 13.1. The lowest BCUT2D eigenvalue weighted by molar-refractivity contribution is -0.134. The second kappa shape index (κ2) is 7.77. The number of carbonyl (C=O) groups is 1. The van der Waals surface area contributed by atoms with Gasteiger partial charge in [0.2, 0.25) is 0 Å². The summed E-state index contributed by atoms with van der Waals surface area (Å²) in [5, 5.41) is 9.82. The van der Waals surface area contributed by atoms with Gasteiger partial charge in [0.1, 0.15) is 10.5 Å². The number of ether oxygens (including phenoxy) is 1. The first-order valence-electron chi connectivity index (χ1n) is 8.83. The minimum atomic E-state index is -0.791. The van der Waals surface area contributed by atoms with Crippen LogP contribution in [0.1, 0.15) is 17.0 Å². The molecule has 8 nitrogen and oxygen atoms in total. The van der Waals surface area contributed by atoms with E-state index in [0.29, 0.717) is 14.8 Å². The third-order valence-corrected chi connectivity index (χ3v) is 5.78. The van der Waals surface area contributed by atoms with Gasteiger partial charge in [0.15, 0.2) is 0 Å². The van der Waals surface area contributed by atoms with Crippen LogP contribution in [0.2, 0.25) is 0 Å². The fraction of sp³-hybridized carbons (Fsp3) is 0.0952. The van der Waals surface area contributed by atoms with Gasteiger partial charge in [-0.1, -0.05) is 12.1 Å². The van der Waals surface area contributed by atoms with Gasteiger partial charge >= 0.3 is 5.97 Å². The Morgan fingerprint density at radius 3 is 2.63 bits per heavy atom. The molecule has 148 valence electrons. The fourth-order valence-electron chi connectivity index (χ4n) is 3.35. The lowest BCUT2D eigenvalue weighted by atomic mass is 9.84. The molecule has 3 aromatic rings. The second-order valence-corrected chi connectivity index (χ2v) is 7.41. The second-order valence-electron chi connectivity index (χ2n) is 6.38. The van der Waals surface area contributed by atoms with Crippen LogP contribution in [-0.4, -0.2) is 27.6 Å². The zero-order chi connectivity index (χ0) is 21.3.